The first-order chi connectivity index (χ1) is 10.9. The van der Waals surface area contributed by atoms with E-state index in [-0.39, 0.29) is 23.0 Å². The number of hydrogen-bond acceptors (Lipinski definition) is 4. The van der Waals surface area contributed by atoms with E-state index in [0.717, 1.165) is 11.4 Å². The maximum absolute atomic E-state index is 12.5. The van der Waals surface area contributed by atoms with Gasteiger partial charge in [0.05, 0.1) is 16.8 Å². The molecule has 2 aromatic heterocycles. The summed E-state index contributed by atoms with van der Waals surface area (Å²) in [4.78, 5) is 28.2. The van der Waals surface area contributed by atoms with Gasteiger partial charge >= 0.3 is 0 Å². The Hall–Kier alpha value is -2.12. The molecule has 1 aliphatic rings. The van der Waals surface area contributed by atoms with Gasteiger partial charge in [-0.3, -0.25) is 14.7 Å². The molecule has 0 aliphatic carbocycles. The summed E-state index contributed by atoms with van der Waals surface area (Å²) in [5.41, 5.74) is 1.30. The molecule has 0 unspecified atom stereocenters. The van der Waals surface area contributed by atoms with Crippen molar-refractivity contribution < 1.29 is 9.90 Å². The van der Waals surface area contributed by atoms with E-state index in [4.69, 9.17) is 11.6 Å². The third kappa shape index (κ3) is 3.30. The highest BCUT2D eigenvalue weighted by Crippen LogP contribution is 2.22. The molecule has 3 heterocycles. The molecule has 1 aliphatic heterocycles. The Kier molecular flexibility index (Phi) is 4.23. The fourth-order valence-electron chi connectivity index (χ4n) is 2.85. The molecule has 0 saturated carbocycles. The second-order valence-electron chi connectivity index (χ2n) is 5.84. The number of carbonyl (C=O) groups is 1. The first-order valence-electron chi connectivity index (χ1n) is 7.30. The van der Waals surface area contributed by atoms with Gasteiger partial charge in [0.2, 0.25) is 0 Å². The van der Waals surface area contributed by atoms with Crippen molar-refractivity contribution >= 4 is 17.5 Å². The Bertz CT molecular complexity index is 785. The Labute approximate surface area is 137 Å². The van der Waals surface area contributed by atoms with Gasteiger partial charge in [-0.25, -0.2) is 0 Å². The van der Waals surface area contributed by atoms with E-state index >= 15 is 0 Å². The number of aliphatic hydroxyl groups excluding tert-OH is 1. The summed E-state index contributed by atoms with van der Waals surface area (Å²) >= 11 is 5.83. The lowest BCUT2D eigenvalue weighted by molar-refractivity contribution is 0.0763. The summed E-state index contributed by atoms with van der Waals surface area (Å²) in [5, 5.41) is 17.5. The van der Waals surface area contributed by atoms with Gasteiger partial charge in [-0.1, -0.05) is 11.6 Å². The van der Waals surface area contributed by atoms with Crippen molar-refractivity contribution in [2.75, 3.05) is 13.1 Å². The normalized spacial score (nSPS) is 20.9. The highest BCUT2D eigenvalue weighted by atomic mass is 35.5. The van der Waals surface area contributed by atoms with E-state index in [1.165, 1.54) is 17.2 Å². The minimum Gasteiger partial charge on any atom is -0.391 e. The predicted octanol–water partition coefficient (Wildman–Crippen LogP) is 0.735. The van der Waals surface area contributed by atoms with Crippen LogP contribution in [0.4, 0.5) is 0 Å². The third-order valence-electron chi connectivity index (χ3n) is 4.02. The van der Waals surface area contributed by atoms with Crippen LogP contribution in [0.25, 0.3) is 0 Å². The molecule has 3 rings (SSSR count). The average Bonchev–Trinajstić information content (AvgIpc) is 3.08. The number of aryl methyl sites for hydroxylation is 1. The lowest BCUT2D eigenvalue weighted by Crippen LogP contribution is -2.33. The number of H-pyrrole nitrogens is 2. The molecule has 1 saturated heterocycles. The van der Waals surface area contributed by atoms with E-state index in [1.54, 1.807) is 0 Å². The fourth-order valence-corrected chi connectivity index (χ4v) is 3.02. The van der Waals surface area contributed by atoms with Gasteiger partial charge in [-0.05, 0) is 25.5 Å². The number of nitrogens with one attached hydrogen (secondary N) is 2. The summed E-state index contributed by atoms with van der Waals surface area (Å²) in [7, 11) is 0. The smallest absolute Gasteiger partial charge is 0.260 e. The molecule has 2 atom stereocenters. The van der Waals surface area contributed by atoms with E-state index in [1.807, 2.05) is 13.0 Å². The number of likely N-dealkylation sites (tertiary alicyclic amines) is 1. The molecular weight excluding hydrogens is 320 g/mol. The van der Waals surface area contributed by atoms with E-state index < -0.39 is 17.6 Å². The second kappa shape index (κ2) is 6.17. The SMILES string of the molecule is Cc1cc(C[C@@H]2CN(C(=O)c3cc(Cl)c[nH]c3=O)C[C@H]2O)n[nH]1. The number of rotatable bonds is 3. The van der Waals surface area contributed by atoms with E-state index in [2.05, 4.69) is 15.2 Å². The number of amides is 1. The number of aliphatic hydroxyl groups is 1. The Morgan fingerprint density at radius 3 is 2.96 bits per heavy atom. The number of carbonyl (C=O) groups excluding carboxylic acids is 1. The van der Waals surface area contributed by atoms with Crippen molar-refractivity contribution in [3.05, 3.63) is 50.7 Å². The number of pyridine rings is 1. The summed E-state index contributed by atoms with van der Waals surface area (Å²) in [5.74, 6) is -0.534. The van der Waals surface area contributed by atoms with Crippen LogP contribution in [0.2, 0.25) is 5.02 Å². The molecule has 8 heteroatoms. The van der Waals surface area contributed by atoms with Gasteiger partial charge in [0.1, 0.15) is 5.56 Å². The van der Waals surface area contributed by atoms with Crippen LogP contribution < -0.4 is 5.56 Å². The molecule has 1 amide bonds. The third-order valence-corrected chi connectivity index (χ3v) is 4.24. The van der Waals surface area contributed by atoms with Crippen LogP contribution in [0.5, 0.6) is 0 Å². The van der Waals surface area contributed by atoms with Crippen molar-refractivity contribution in [1.29, 1.82) is 0 Å². The first kappa shape index (κ1) is 15.8. The van der Waals surface area contributed by atoms with Gasteiger partial charge in [-0.15, -0.1) is 0 Å². The summed E-state index contributed by atoms with van der Waals surface area (Å²) < 4.78 is 0. The van der Waals surface area contributed by atoms with Crippen molar-refractivity contribution in [1.82, 2.24) is 20.1 Å². The molecule has 0 bridgehead atoms. The lowest BCUT2D eigenvalue weighted by Gasteiger charge is -2.15. The molecule has 0 spiro atoms. The number of aromatic nitrogens is 3. The lowest BCUT2D eigenvalue weighted by atomic mass is 10.0. The highest BCUT2D eigenvalue weighted by Gasteiger charge is 2.35. The van der Waals surface area contributed by atoms with Crippen LogP contribution in [-0.2, 0) is 6.42 Å². The number of hydrogen-bond donors (Lipinski definition) is 3. The zero-order valence-electron chi connectivity index (χ0n) is 12.5. The molecular formula is C15H17ClN4O3. The largest absolute Gasteiger partial charge is 0.391 e. The van der Waals surface area contributed by atoms with Crippen molar-refractivity contribution in [2.45, 2.75) is 19.4 Å². The predicted molar refractivity (Wildman–Crippen MR) is 84.5 cm³/mol. The Morgan fingerprint density at radius 2 is 2.26 bits per heavy atom. The quantitative estimate of drug-likeness (QED) is 0.769. The maximum atomic E-state index is 12.5. The van der Waals surface area contributed by atoms with Gasteiger partial charge in [0.25, 0.3) is 11.5 Å². The van der Waals surface area contributed by atoms with Crippen LogP contribution >= 0.6 is 11.6 Å². The van der Waals surface area contributed by atoms with Crippen molar-refractivity contribution in [3.8, 4) is 0 Å². The van der Waals surface area contributed by atoms with Gasteiger partial charge < -0.3 is 15.0 Å². The minimum atomic E-state index is -0.644. The zero-order chi connectivity index (χ0) is 16.6. The Morgan fingerprint density at radius 1 is 1.48 bits per heavy atom. The molecule has 2 aromatic rings. The standard InChI is InChI=1S/C15H17ClN4O3/c1-8-2-11(19-18-8)3-9-6-20(7-13(9)21)15(23)12-4-10(16)5-17-14(12)22/h2,4-5,9,13,21H,3,6-7H2,1H3,(H,17,22)(H,18,19)/t9-,13-/m1/s1. The highest BCUT2D eigenvalue weighted by molar-refractivity contribution is 6.30. The molecule has 7 nitrogen and oxygen atoms in total. The summed E-state index contributed by atoms with van der Waals surface area (Å²) in [6.07, 6.45) is 1.26. The minimum absolute atomic E-state index is 0.0130. The molecule has 122 valence electrons. The number of nitrogens with zero attached hydrogens (tertiary/aromatic N) is 2. The van der Waals surface area contributed by atoms with E-state index in [9.17, 15) is 14.7 Å². The summed E-state index contributed by atoms with van der Waals surface area (Å²) in [6.45, 7) is 2.47. The van der Waals surface area contributed by atoms with Crippen LogP contribution in [0, 0.1) is 12.8 Å². The summed E-state index contributed by atoms with van der Waals surface area (Å²) in [6, 6.07) is 3.26. The second-order valence-corrected chi connectivity index (χ2v) is 6.28. The number of β-amino-alcohol motifs (C(OH)–C–C–N with tert-alkyl or cyclic N) is 1. The topological polar surface area (TPSA) is 102 Å². The number of aromatic amines is 2. The maximum Gasteiger partial charge on any atom is 0.260 e. The first-order valence-corrected chi connectivity index (χ1v) is 7.68. The molecule has 23 heavy (non-hydrogen) atoms. The van der Waals surface area contributed by atoms with Crippen molar-refractivity contribution in [2.24, 2.45) is 5.92 Å². The van der Waals surface area contributed by atoms with Crippen LogP contribution in [0.1, 0.15) is 21.7 Å². The van der Waals surface area contributed by atoms with Gasteiger partial charge in [0, 0.05) is 30.9 Å². The zero-order valence-corrected chi connectivity index (χ0v) is 13.3. The molecule has 0 radical (unpaired) electrons. The van der Waals surface area contributed by atoms with Gasteiger partial charge in [-0.2, -0.15) is 5.10 Å². The fraction of sp³-hybridized carbons (Fsp3) is 0.400. The Balaban J connectivity index is 1.74. The van der Waals surface area contributed by atoms with E-state index in [0.29, 0.717) is 13.0 Å². The van der Waals surface area contributed by atoms with Crippen LogP contribution in [-0.4, -0.2) is 50.3 Å². The number of halogens is 1. The molecule has 1 fully saturated rings. The average molecular weight is 337 g/mol. The van der Waals surface area contributed by atoms with Crippen LogP contribution in [0.3, 0.4) is 0 Å². The van der Waals surface area contributed by atoms with Crippen LogP contribution in [0.15, 0.2) is 23.1 Å². The molecule has 0 aromatic carbocycles. The van der Waals surface area contributed by atoms with Gasteiger partial charge in [0.15, 0.2) is 0 Å². The molecule has 3 N–H and O–H groups in total. The monoisotopic (exact) mass is 336 g/mol. The van der Waals surface area contributed by atoms with Crippen molar-refractivity contribution in [3.63, 3.8) is 0 Å².